The van der Waals surface area contributed by atoms with E-state index >= 15 is 0 Å². The Hall–Kier alpha value is -0.750. The number of nitrogens with one attached hydrogen (secondary N) is 1. The zero-order valence-corrected chi connectivity index (χ0v) is 15.3. The van der Waals surface area contributed by atoms with E-state index in [4.69, 9.17) is 10.8 Å². The molecule has 0 aliphatic rings. The van der Waals surface area contributed by atoms with E-state index in [-0.39, 0.29) is 11.5 Å². The van der Waals surface area contributed by atoms with Crippen molar-refractivity contribution in [2.24, 2.45) is 5.84 Å². The summed E-state index contributed by atoms with van der Waals surface area (Å²) >= 11 is 5.28. The fourth-order valence-corrected chi connectivity index (χ4v) is 3.49. The van der Waals surface area contributed by atoms with Crippen LogP contribution in [0.3, 0.4) is 0 Å². The van der Waals surface area contributed by atoms with E-state index in [1.54, 1.807) is 11.3 Å². The van der Waals surface area contributed by atoms with E-state index in [1.807, 2.05) is 0 Å². The molecule has 1 heterocycles. The van der Waals surface area contributed by atoms with Gasteiger partial charge >= 0.3 is 0 Å². The van der Waals surface area contributed by atoms with E-state index in [2.05, 4.69) is 72.6 Å². The van der Waals surface area contributed by atoms with Crippen LogP contribution in [-0.2, 0) is 11.8 Å². The number of rotatable bonds is 4. The van der Waals surface area contributed by atoms with Crippen LogP contribution in [-0.4, -0.2) is 4.98 Å². The highest BCUT2D eigenvalue weighted by atomic mass is 79.9. The number of hydrogen-bond acceptors (Lipinski definition) is 4. The lowest BCUT2D eigenvalue weighted by Gasteiger charge is -2.17. The number of thiazole rings is 1. The Morgan fingerprint density at radius 3 is 2.62 bits per heavy atom. The number of aryl methyl sites for hydroxylation is 1. The summed E-state index contributed by atoms with van der Waals surface area (Å²) in [5, 5.41) is 3.26. The van der Waals surface area contributed by atoms with Gasteiger partial charge in [0.15, 0.2) is 0 Å². The van der Waals surface area contributed by atoms with Gasteiger partial charge in [-0.25, -0.2) is 4.98 Å². The standard InChI is InChI=1S/C16H22BrN3S/c1-10-5-6-11(7-12(10)17)13(20-18)8-15-19-14(9-21-15)16(2,3)4/h5-7,9,13,20H,8,18H2,1-4H3. The fourth-order valence-electron chi connectivity index (χ4n) is 2.02. The first kappa shape index (κ1) is 16.6. The second-order valence-electron chi connectivity index (χ2n) is 6.31. The minimum atomic E-state index is 0.0702. The SMILES string of the molecule is Cc1ccc(C(Cc2nc(C(C)(C)C)cs2)NN)cc1Br. The molecule has 1 unspecified atom stereocenters. The molecule has 0 spiro atoms. The molecule has 3 N–H and O–H groups in total. The normalized spacial score (nSPS) is 13.4. The number of benzene rings is 1. The summed E-state index contributed by atoms with van der Waals surface area (Å²) in [6.45, 7) is 8.62. The highest BCUT2D eigenvalue weighted by Gasteiger charge is 2.19. The molecule has 114 valence electrons. The van der Waals surface area contributed by atoms with Gasteiger partial charge in [-0.15, -0.1) is 11.3 Å². The van der Waals surface area contributed by atoms with Crippen molar-refractivity contribution in [2.45, 2.75) is 45.6 Å². The monoisotopic (exact) mass is 367 g/mol. The zero-order valence-electron chi connectivity index (χ0n) is 12.9. The first-order chi connectivity index (χ1) is 9.81. The molecule has 0 saturated carbocycles. The average molecular weight is 368 g/mol. The minimum Gasteiger partial charge on any atom is -0.271 e. The Morgan fingerprint density at radius 2 is 2.10 bits per heavy atom. The molecule has 0 bridgehead atoms. The van der Waals surface area contributed by atoms with Crippen LogP contribution in [0.15, 0.2) is 28.1 Å². The topological polar surface area (TPSA) is 50.9 Å². The highest BCUT2D eigenvalue weighted by Crippen LogP contribution is 2.28. The van der Waals surface area contributed by atoms with E-state index in [1.165, 1.54) is 11.1 Å². The number of halogens is 1. The Morgan fingerprint density at radius 1 is 1.38 bits per heavy atom. The van der Waals surface area contributed by atoms with Crippen LogP contribution in [0.2, 0.25) is 0 Å². The smallest absolute Gasteiger partial charge is 0.0948 e. The highest BCUT2D eigenvalue weighted by molar-refractivity contribution is 9.10. The molecule has 3 nitrogen and oxygen atoms in total. The largest absolute Gasteiger partial charge is 0.271 e. The maximum atomic E-state index is 5.74. The number of aromatic nitrogens is 1. The number of hydrogen-bond donors (Lipinski definition) is 2. The van der Waals surface area contributed by atoms with Gasteiger partial charge < -0.3 is 0 Å². The molecule has 0 amide bonds. The molecule has 5 heteroatoms. The van der Waals surface area contributed by atoms with E-state index in [0.29, 0.717) is 0 Å². The lowest BCUT2D eigenvalue weighted by atomic mass is 9.93. The van der Waals surface area contributed by atoms with Crippen molar-refractivity contribution in [3.05, 3.63) is 49.9 Å². The van der Waals surface area contributed by atoms with Crippen molar-refractivity contribution in [3.8, 4) is 0 Å². The number of hydrazine groups is 1. The molecule has 2 aromatic rings. The van der Waals surface area contributed by atoms with Gasteiger partial charge in [0.25, 0.3) is 0 Å². The molecule has 1 atom stereocenters. The van der Waals surface area contributed by atoms with Crippen LogP contribution in [0.4, 0.5) is 0 Å². The third-order valence-electron chi connectivity index (χ3n) is 3.50. The average Bonchev–Trinajstić information content (AvgIpc) is 2.88. The molecular formula is C16H22BrN3S. The maximum Gasteiger partial charge on any atom is 0.0948 e. The van der Waals surface area contributed by atoms with Gasteiger partial charge in [-0.2, -0.15) is 0 Å². The maximum absolute atomic E-state index is 5.74. The van der Waals surface area contributed by atoms with Gasteiger partial charge in [0.2, 0.25) is 0 Å². The van der Waals surface area contributed by atoms with Crippen molar-refractivity contribution < 1.29 is 0 Å². The van der Waals surface area contributed by atoms with Crippen LogP contribution >= 0.6 is 27.3 Å². The van der Waals surface area contributed by atoms with Gasteiger partial charge in [0.05, 0.1) is 16.7 Å². The third kappa shape index (κ3) is 4.13. The molecule has 0 fully saturated rings. The van der Waals surface area contributed by atoms with Gasteiger partial charge in [-0.3, -0.25) is 11.3 Å². The number of nitrogens with two attached hydrogens (primary N) is 1. The first-order valence-corrected chi connectivity index (χ1v) is 8.65. The van der Waals surface area contributed by atoms with E-state index in [0.717, 1.165) is 21.6 Å². The van der Waals surface area contributed by atoms with Crippen LogP contribution in [0, 0.1) is 6.92 Å². The Kier molecular flexibility index (Phi) is 5.20. The zero-order chi connectivity index (χ0) is 15.6. The summed E-state index contributed by atoms with van der Waals surface area (Å²) < 4.78 is 1.11. The molecule has 1 aromatic heterocycles. The van der Waals surface area contributed by atoms with Crippen molar-refractivity contribution in [3.63, 3.8) is 0 Å². The molecule has 2 rings (SSSR count). The van der Waals surface area contributed by atoms with Crippen molar-refractivity contribution in [1.29, 1.82) is 0 Å². The quantitative estimate of drug-likeness (QED) is 0.626. The molecule has 21 heavy (non-hydrogen) atoms. The predicted octanol–water partition coefficient (Wildman–Crippen LogP) is 4.26. The van der Waals surface area contributed by atoms with Gasteiger partial charge in [-0.05, 0) is 24.1 Å². The fraction of sp³-hybridized carbons (Fsp3) is 0.438. The van der Waals surface area contributed by atoms with Gasteiger partial charge in [-0.1, -0.05) is 48.8 Å². The minimum absolute atomic E-state index is 0.0702. The van der Waals surface area contributed by atoms with Crippen molar-refractivity contribution in [1.82, 2.24) is 10.4 Å². The summed E-state index contributed by atoms with van der Waals surface area (Å²) in [5.41, 5.74) is 6.53. The summed E-state index contributed by atoms with van der Waals surface area (Å²) in [4.78, 5) is 4.75. The van der Waals surface area contributed by atoms with Crippen LogP contribution in [0.1, 0.15) is 48.6 Å². The van der Waals surface area contributed by atoms with Crippen LogP contribution in [0.25, 0.3) is 0 Å². The second-order valence-corrected chi connectivity index (χ2v) is 8.11. The first-order valence-electron chi connectivity index (χ1n) is 6.98. The van der Waals surface area contributed by atoms with E-state index < -0.39 is 0 Å². The Balaban J connectivity index is 2.19. The van der Waals surface area contributed by atoms with Crippen LogP contribution in [0.5, 0.6) is 0 Å². The van der Waals surface area contributed by atoms with Gasteiger partial charge in [0.1, 0.15) is 0 Å². The van der Waals surface area contributed by atoms with E-state index in [9.17, 15) is 0 Å². The lowest BCUT2D eigenvalue weighted by Crippen LogP contribution is -2.29. The Bertz CT molecular complexity index is 616. The third-order valence-corrected chi connectivity index (χ3v) is 5.22. The molecule has 0 saturated heterocycles. The molecular weight excluding hydrogens is 346 g/mol. The van der Waals surface area contributed by atoms with Crippen molar-refractivity contribution >= 4 is 27.3 Å². The van der Waals surface area contributed by atoms with Crippen molar-refractivity contribution in [2.75, 3.05) is 0 Å². The lowest BCUT2D eigenvalue weighted by molar-refractivity contribution is 0.541. The molecule has 0 aliphatic heterocycles. The number of nitrogens with zero attached hydrogens (tertiary/aromatic N) is 1. The molecule has 1 aromatic carbocycles. The Labute approximate surface area is 139 Å². The molecule has 0 aliphatic carbocycles. The summed E-state index contributed by atoms with van der Waals surface area (Å²) in [6.07, 6.45) is 0.798. The molecule has 0 radical (unpaired) electrons. The predicted molar refractivity (Wildman–Crippen MR) is 93.5 cm³/mol. The second kappa shape index (κ2) is 6.57. The van der Waals surface area contributed by atoms with Gasteiger partial charge in [0, 0.05) is 21.7 Å². The summed E-state index contributed by atoms with van der Waals surface area (Å²) in [5.74, 6) is 5.74. The summed E-state index contributed by atoms with van der Waals surface area (Å²) in [7, 11) is 0. The van der Waals surface area contributed by atoms with Crippen LogP contribution < -0.4 is 11.3 Å². The summed E-state index contributed by atoms with van der Waals surface area (Å²) in [6, 6.07) is 6.41.